The number of nitriles is 1. The molecule has 12 heavy (non-hydrogen) atoms. The van der Waals surface area contributed by atoms with E-state index in [1.54, 1.807) is 18.2 Å². The summed E-state index contributed by atoms with van der Waals surface area (Å²) in [5.74, 6) is 0. The third kappa shape index (κ3) is 1.71. The molecule has 0 aromatic heterocycles. The van der Waals surface area contributed by atoms with E-state index in [1.165, 1.54) is 0 Å². The number of rotatable bonds is 2. The highest BCUT2D eigenvalue weighted by atomic mass is 14.6. The molecule has 1 rings (SSSR count). The SMILES string of the molecule is C=C[C@H](N)c1cccc(C#N)c1. The van der Waals surface area contributed by atoms with E-state index in [-0.39, 0.29) is 6.04 Å². The van der Waals surface area contributed by atoms with E-state index >= 15 is 0 Å². The zero-order valence-corrected chi connectivity index (χ0v) is 6.70. The molecule has 0 heterocycles. The first kappa shape index (κ1) is 8.51. The minimum Gasteiger partial charge on any atom is -0.321 e. The van der Waals surface area contributed by atoms with Crippen LogP contribution in [0.5, 0.6) is 0 Å². The summed E-state index contributed by atoms with van der Waals surface area (Å²) in [5.41, 5.74) is 7.24. The van der Waals surface area contributed by atoms with Crippen LogP contribution in [-0.4, -0.2) is 0 Å². The van der Waals surface area contributed by atoms with Gasteiger partial charge in [-0.15, -0.1) is 6.58 Å². The molecule has 0 aliphatic carbocycles. The Labute approximate surface area is 71.9 Å². The van der Waals surface area contributed by atoms with Crippen molar-refractivity contribution in [3.63, 3.8) is 0 Å². The monoisotopic (exact) mass is 158 g/mol. The van der Waals surface area contributed by atoms with E-state index in [2.05, 4.69) is 12.6 Å². The second-order valence-corrected chi connectivity index (χ2v) is 2.50. The largest absolute Gasteiger partial charge is 0.321 e. The Kier molecular flexibility index (Phi) is 2.62. The lowest BCUT2D eigenvalue weighted by Crippen LogP contribution is -2.06. The fraction of sp³-hybridized carbons (Fsp3) is 0.100. The average Bonchev–Trinajstić information content (AvgIpc) is 2.17. The van der Waals surface area contributed by atoms with Crippen molar-refractivity contribution in [2.45, 2.75) is 6.04 Å². The van der Waals surface area contributed by atoms with E-state index in [1.807, 2.05) is 12.1 Å². The highest BCUT2D eigenvalue weighted by Gasteiger charge is 2.00. The Morgan fingerprint density at radius 1 is 1.58 bits per heavy atom. The van der Waals surface area contributed by atoms with Gasteiger partial charge in [-0.3, -0.25) is 0 Å². The number of hydrogen-bond acceptors (Lipinski definition) is 2. The first-order valence-corrected chi connectivity index (χ1v) is 3.66. The number of benzene rings is 1. The Balaban J connectivity index is 3.03. The first-order valence-electron chi connectivity index (χ1n) is 3.66. The van der Waals surface area contributed by atoms with Gasteiger partial charge in [0.05, 0.1) is 11.6 Å². The predicted octanol–water partition coefficient (Wildman–Crippen LogP) is 1.74. The van der Waals surface area contributed by atoms with Crippen LogP contribution < -0.4 is 5.73 Å². The van der Waals surface area contributed by atoms with Crippen molar-refractivity contribution < 1.29 is 0 Å². The van der Waals surface area contributed by atoms with Crippen LogP contribution >= 0.6 is 0 Å². The number of nitrogens with two attached hydrogens (primary N) is 1. The van der Waals surface area contributed by atoms with Crippen LogP contribution in [0.25, 0.3) is 0 Å². The van der Waals surface area contributed by atoms with Gasteiger partial charge < -0.3 is 5.73 Å². The zero-order chi connectivity index (χ0) is 8.97. The van der Waals surface area contributed by atoms with E-state index in [0.717, 1.165) is 5.56 Å². The van der Waals surface area contributed by atoms with Gasteiger partial charge in [0.25, 0.3) is 0 Å². The number of hydrogen-bond donors (Lipinski definition) is 1. The van der Waals surface area contributed by atoms with Crippen molar-refractivity contribution in [1.82, 2.24) is 0 Å². The third-order valence-corrected chi connectivity index (χ3v) is 1.65. The highest BCUT2D eigenvalue weighted by molar-refractivity contribution is 5.35. The topological polar surface area (TPSA) is 49.8 Å². The molecular weight excluding hydrogens is 148 g/mol. The Bertz CT molecular complexity index is 323. The molecule has 1 aromatic carbocycles. The molecule has 0 fully saturated rings. The maximum atomic E-state index is 8.60. The summed E-state index contributed by atoms with van der Waals surface area (Å²) >= 11 is 0. The van der Waals surface area contributed by atoms with E-state index in [4.69, 9.17) is 11.0 Å². The lowest BCUT2D eigenvalue weighted by atomic mass is 10.1. The summed E-state index contributed by atoms with van der Waals surface area (Å²) in [4.78, 5) is 0. The molecule has 0 bridgehead atoms. The van der Waals surface area contributed by atoms with Crippen LogP contribution in [0.2, 0.25) is 0 Å². The van der Waals surface area contributed by atoms with Crippen molar-refractivity contribution in [1.29, 1.82) is 5.26 Å². The summed E-state index contributed by atoms with van der Waals surface area (Å²) in [5, 5.41) is 8.60. The molecule has 1 aromatic rings. The molecule has 0 amide bonds. The number of nitrogens with zero attached hydrogens (tertiary/aromatic N) is 1. The first-order chi connectivity index (χ1) is 5.77. The summed E-state index contributed by atoms with van der Waals surface area (Å²) in [6.45, 7) is 3.58. The molecule has 0 aliphatic rings. The van der Waals surface area contributed by atoms with Crippen LogP contribution in [0.4, 0.5) is 0 Å². The van der Waals surface area contributed by atoms with E-state index in [0.29, 0.717) is 5.56 Å². The van der Waals surface area contributed by atoms with Crippen molar-refractivity contribution >= 4 is 0 Å². The fourth-order valence-corrected chi connectivity index (χ4v) is 0.952. The minimum atomic E-state index is -0.182. The summed E-state index contributed by atoms with van der Waals surface area (Å²) in [7, 11) is 0. The van der Waals surface area contributed by atoms with E-state index < -0.39 is 0 Å². The average molecular weight is 158 g/mol. The van der Waals surface area contributed by atoms with Crippen LogP contribution in [0, 0.1) is 11.3 Å². The summed E-state index contributed by atoms with van der Waals surface area (Å²) in [6.07, 6.45) is 1.65. The van der Waals surface area contributed by atoms with Crippen molar-refractivity contribution in [2.75, 3.05) is 0 Å². The van der Waals surface area contributed by atoms with Crippen molar-refractivity contribution in [3.05, 3.63) is 48.0 Å². The molecule has 0 saturated heterocycles. The smallest absolute Gasteiger partial charge is 0.0991 e. The van der Waals surface area contributed by atoms with Crippen LogP contribution in [-0.2, 0) is 0 Å². The molecule has 1 atom stereocenters. The molecule has 0 spiro atoms. The fourth-order valence-electron chi connectivity index (χ4n) is 0.952. The Morgan fingerprint density at radius 3 is 2.92 bits per heavy atom. The summed E-state index contributed by atoms with van der Waals surface area (Å²) < 4.78 is 0. The van der Waals surface area contributed by atoms with Gasteiger partial charge in [0, 0.05) is 6.04 Å². The van der Waals surface area contributed by atoms with Crippen molar-refractivity contribution in [2.24, 2.45) is 5.73 Å². The van der Waals surface area contributed by atoms with Gasteiger partial charge >= 0.3 is 0 Å². The normalized spacial score (nSPS) is 11.7. The van der Waals surface area contributed by atoms with Gasteiger partial charge in [-0.2, -0.15) is 5.26 Å². The third-order valence-electron chi connectivity index (χ3n) is 1.65. The molecule has 0 unspecified atom stereocenters. The molecule has 60 valence electrons. The maximum absolute atomic E-state index is 8.60. The summed E-state index contributed by atoms with van der Waals surface area (Å²) in [6, 6.07) is 9.09. The minimum absolute atomic E-state index is 0.182. The molecule has 2 N–H and O–H groups in total. The van der Waals surface area contributed by atoms with Gasteiger partial charge in [0.15, 0.2) is 0 Å². The van der Waals surface area contributed by atoms with E-state index in [9.17, 15) is 0 Å². The Morgan fingerprint density at radius 2 is 2.33 bits per heavy atom. The molecule has 0 radical (unpaired) electrons. The standard InChI is InChI=1S/C10H10N2/c1-2-10(12)9-5-3-4-8(6-9)7-11/h2-6,10H,1,12H2/t10-/m0/s1. The second-order valence-electron chi connectivity index (χ2n) is 2.50. The van der Waals surface area contributed by atoms with Crippen LogP contribution in [0.3, 0.4) is 0 Å². The van der Waals surface area contributed by atoms with Gasteiger partial charge in [-0.25, -0.2) is 0 Å². The molecule has 2 nitrogen and oxygen atoms in total. The van der Waals surface area contributed by atoms with Gasteiger partial charge in [0.2, 0.25) is 0 Å². The molecule has 0 aliphatic heterocycles. The quantitative estimate of drug-likeness (QED) is 0.666. The van der Waals surface area contributed by atoms with Crippen molar-refractivity contribution in [3.8, 4) is 6.07 Å². The molecular formula is C10H10N2. The highest BCUT2D eigenvalue weighted by Crippen LogP contribution is 2.12. The van der Waals surface area contributed by atoms with Gasteiger partial charge in [-0.1, -0.05) is 18.2 Å². The predicted molar refractivity (Wildman–Crippen MR) is 48.3 cm³/mol. The Hall–Kier alpha value is -1.59. The molecule has 2 heteroatoms. The van der Waals surface area contributed by atoms with Gasteiger partial charge in [-0.05, 0) is 17.7 Å². The zero-order valence-electron chi connectivity index (χ0n) is 6.70. The maximum Gasteiger partial charge on any atom is 0.0991 e. The second kappa shape index (κ2) is 3.70. The van der Waals surface area contributed by atoms with Crippen LogP contribution in [0.15, 0.2) is 36.9 Å². The molecule has 0 saturated carbocycles. The van der Waals surface area contributed by atoms with Gasteiger partial charge in [0.1, 0.15) is 0 Å². The lowest BCUT2D eigenvalue weighted by Gasteiger charge is -2.05. The van der Waals surface area contributed by atoms with Crippen LogP contribution in [0.1, 0.15) is 17.2 Å². The lowest BCUT2D eigenvalue weighted by molar-refractivity contribution is 0.914.